The van der Waals surface area contributed by atoms with Crippen LogP contribution >= 0.6 is 0 Å². The average molecular weight is 529 g/mol. The zero-order chi connectivity index (χ0) is 28.1. The van der Waals surface area contributed by atoms with Gasteiger partial charge in [0, 0.05) is 25.4 Å². The van der Waals surface area contributed by atoms with E-state index in [4.69, 9.17) is 0 Å². The second-order valence-corrected chi connectivity index (χ2v) is 16.6. The van der Waals surface area contributed by atoms with Crippen molar-refractivity contribution in [1.29, 1.82) is 0 Å². The van der Waals surface area contributed by atoms with Crippen molar-refractivity contribution in [2.24, 2.45) is 56.2 Å². The van der Waals surface area contributed by atoms with Gasteiger partial charge in [0.05, 0.1) is 0 Å². The topological polar surface area (TPSA) is 69.6 Å². The van der Waals surface area contributed by atoms with Gasteiger partial charge in [-0.1, -0.05) is 48.5 Å². The van der Waals surface area contributed by atoms with Gasteiger partial charge in [-0.05, 0) is 121 Å². The first kappa shape index (κ1) is 28.4. The van der Waals surface area contributed by atoms with Crippen LogP contribution in [0.5, 0.6) is 0 Å². The van der Waals surface area contributed by atoms with Crippen LogP contribution < -0.4 is 5.32 Å². The fraction of sp³-hybridized carbons (Fsp3) is 0.939. The zero-order valence-corrected chi connectivity index (χ0v) is 25.9. The Morgan fingerprint density at radius 3 is 2.05 bits per heavy atom. The van der Waals surface area contributed by atoms with E-state index >= 15 is 0 Å². The molecule has 5 fully saturated rings. The second kappa shape index (κ2) is 8.70. The van der Waals surface area contributed by atoms with Crippen LogP contribution in [0.3, 0.4) is 0 Å². The van der Waals surface area contributed by atoms with Crippen molar-refractivity contribution in [2.45, 2.75) is 132 Å². The van der Waals surface area contributed by atoms with Gasteiger partial charge in [0.1, 0.15) is 0 Å². The number of fused-ring (bicyclic) bond motifs is 7. The summed E-state index contributed by atoms with van der Waals surface area (Å²) in [7, 11) is 1.50. The van der Waals surface area contributed by atoms with Crippen molar-refractivity contribution in [3.63, 3.8) is 0 Å². The maximum atomic E-state index is 13.1. The maximum Gasteiger partial charge on any atom is 0.251 e. The van der Waals surface area contributed by atoms with E-state index in [9.17, 15) is 14.8 Å². The standard InChI is InChI=1S/C33H56N2O3/c1-21(36)34-26-13-14-31(6)24(28(26,2)3)12-15-33(8)25(31)11-10-22-23-20-30(5,27(37)35(9)38)17-16-29(23,4)18-19-32(22,33)7/h22-26,38H,10-20H2,1-9H3,(H,34,36)/t22-,23-,24?,25-,26+,29-,30+,31+,32-,33-/m1/s1. The lowest BCUT2D eigenvalue weighted by Crippen LogP contribution is -2.68. The molecule has 5 heteroatoms. The monoisotopic (exact) mass is 528 g/mol. The lowest BCUT2D eigenvalue weighted by molar-refractivity contribution is -0.247. The predicted octanol–water partition coefficient (Wildman–Crippen LogP) is 7.22. The lowest BCUT2D eigenvalue weighted by Gasteiger charge is -2.73. The first-order chi connectivity index (χ1) is 17.4. The van der Waals surface area contributed by atoms with Crippen molar-refractivity contribution in [2.75, 3.05) is 7.05 Å². The summed E-state index contributed by atoms with van der Waals surface area (Å²) in [6, 6.07) is 0.270. The third-order valence-corrected chi connectivity index (χ3v) is 14.7. The van der Waals surface area contributed by atoms with Gasteiger partial charge in [0.2, 0.25) is 5.91 Å². The Morgan fingerprint density at radius 2 is 1.42 bits per heavy atom. The normalized spacial score (nSPS) is 51.5. The van der Waals surface area contributed by atoms with Crippen LogP contribution in [0.4, 0.5) is 0 Å². The Morgan fingerprint density at radius 1 is 0.763 bits per heavy atom. The van der Waals surface area contributed by atoms with Crippen LogP contribution in [0.15, 0.2) is 0 Å². The molecule has 0 radical (unpaired) electrons. The Balaban J connectivity index is 1.47. The summed E-state index contributed by atoms with van der Waals surface area (Å²) >= 11 is 0. The second-order valence-electron chi connectivity index (χ2n) is 16.6. The minimum atomic E-state index is -0.459. The number of carbonyl (C=O) groups is 2. The first-order valence-electron chi connectivity index (χ1n) is 15.7. The van der Waals surface area contributed by atoms with Crippen molar-refractivity contribution in [3.05, 3.63) is 0 Å². The predicted molar refractivity (Wildman–Crippen MR) is 151 cm³/mol. The lowest BCUT2D eigenvalue weighted by atomic mass is 9.31. The number of nitrogens with zero attached hydrogens (tertiary/aromatic N) is 1. The molecule has 0 aliphatic heterocycles. The summed E-state index contributed by atoms with van der Waals surface area (Å²) in [5.74, 6) is 2.52. The summed E-state index contributed by atoms with van der Waals surface area (Å²) in [6.45, 7) is 19.1. The highest BCUT2D eigenvalue weighted by Gasteiger charge is 2.70. The maximum absolute atomic E-state index is 13.1. The number of amides is 2. The minimum absolute atomic E-state index is 0.0992. The van der Waals surface area contributed by atoms with Crippen LogP contribution in [0.1, 0.15) is 126 Å². The highest BCUT2D eigenvalue weighted by Crippen LogP contribution is 2.77. The quantitative estimate of drug-likeness (QED) is 0.294. The molecule has 5 saturated carbocycles. The van der Waals surface area contributed by atoms with Crippen LogP contribution in [-0.2, 0) is 9.59 Å². The highest BCUT2D eigenvalue weighted by molar-refractivity contribution is 5.81. The average Bonchev–Trinajstić information content (AvgIpc) is 2.82. The van der Waals surface area contributed by atoms with Crippen molar-refractivity contribution in [3.8, 4) is 0 Å². The number of carbonyl (C=O) groups excluding carboxylic acids is 2. The molecule has 0 heterocycles. The molecule has 0 saturated heterocycles. The number of hydrogen-bond acceptors (Lipinski definition) is 3. The molecule has 0 bridgehead atoms. The van der Waals surface area contributed by atoms with Gasteiger partial charge in [0.25, 0.3) is 5.91 Å². The molecule has 0 aromatic heterocycles. The molecule has 0 aromatic rings. The molecule has 10 atom stereocenters. The minimum Gasteiger partial charge on any atom is -0.353 e. The third kappa shape index (κ3) is 3.72. The molecule has 5 nitrogen and oxygen atoms in total. The number of rotatable bonds is 2. The van der Waals surface area contributed by atoms with E-state index in [0.717, 1.165) is 30.7 Å². The highest BCUT2D eigenvalue weighted by atomic mass is 16.5. The van der Waals surface area contributed by atoms with Crippen LogP contribution in [0, 0.1) is 56.2 Å². The van der Waals surface area contributed by atoms with Gasteiger partial charge in [-0.2, -0.15) is 0 Å². The van der Waals surface area contributed by atoms with E-state index in [2.05, 4.69) is 53.8 Å². The molecule has 0 spiro atoms. The van der Waals surface area contributed by atoms with Gasteiger partial charge in [-0.25, -0.2) is 5.06 Å². The smallest absolute Gasteiger partial charge is 0.251 e. The molecule has 2 amide bonds. The number of hydrogen-bond donors (Lipinski definition) is 2. The SMILES string of the molecule is CC(=O)N[C@H]1CC[C@@]2(C)C(CC[C@]3(C)[C@@H]2CC[C@@H]2[C@H]4C[C@@](C)(C(=O)N(C)O)CC[C@]4(C)CC[C@]23C)C1(C)C. The van der Waals surface area contributed by atoms with Crippen LogP contribution in [-0.4, -0.2) is 35.2 Å². The Hall–Kier alpha value is -1.10. The number of hydroxylamine groups is 2. The summed E-state index contributed by atoms with van der Waals surface area (Å²) in [4.78, 5) is 25.2. The molecular formula is C33H56N2O3. The molecular weight excluding hydrogens is 472 g/mol. The van der Waals surface area contributed by atoms with E-state index in [1.54, 1.807) is 6.92 Å². The van der Waals surface area contributed by atoms with Crippen molar-refractivity contribution in [1.82, 2.24) is 10.4 Å². The fourth-order valence-corrected chi connectivity index (χ4v) is 12.2. The molecule has 5 aliphatic carbocycles. The van der Waals surface area contributed by atoms with E-state index in [0.29, 0.717) is 39.9 Å². The molecule has 0 aromatic carbocycles. The summed E-state index contributed by atoms with van der Waals surface area (Å²) in [6.07, 6.45) is 12.9. The zero-order valence-electron chi connectivity index (χ0n) is 25.9. The Bertz CT molecular complexity index is 993. The van der Waals surface area contributed by atoms with Gasteiger partial charge >= 0.3 is 0 Å². The fourth-order valence-electron chi connectivity index (χ4n) is 12.2. The van der Waals surface area contributed by atoms with Gasteiger partial charge < -0.3 is 5.32 Å². The van der Waals surface area contributed by atoms with E-state index in [-0.39, 0.29) is 28.7 Å². The van der Waals surface area contributed by atoms with Crippen LogP contribution in [0.2, 0.25) is 0 Å². The number of nitrogens with one attached hydrogen (secondary N) is 1. The largest absolute Gasteiger partial charge is 0.353 e. The van der Waals surface area contributed by atoms with Gasteiger partial charge in [-0.15, -0.1) is 0 Å². The van der Waals surface area contributed by atoms with E-state index in [1.807, 2.05) is 0 Å². The summed E-state index contributed by atoms with van der Waals surface area (Å²) in [5, 5.41) is 14.3. The molecule has 216 valence electrons. The van der Waals surface area contributed by atoms with Gasteiger partial charge in [-0.3, -0.25) is 14.8 Å². The molecule has 2 N–H and O–H groups in total. The van der Waals surface area contributed by atoms with Gasteiger partial charge in [0.15, 0.2) is 0 Å². The Labute approximate surface area is 232 Å². The molecule has 38 heavy (non-hydrogen) atoms. The molecule has 5 aliphatic rings. The Kier molecular flexibility index (Phi) is 6.51. The molecule has 5 rings (SSSR count). The van der Waals surface area contributed by atoms with Crippen LogP contribution in [0.25, 0.3) is 0 Å². The third-order valence-electron chi connectivity index (χ3n) is 14.7. The molecule has 1 unspecified atom stereocenters. The van der Waals surface area contributed by atoms with E-state index < -0.39 is 5.41 Å². The van der Waals surface area contributed by atoms with Crippen molar-refractivity contribution < 1.29 is 14.8 Å². The first-order valence-corrected chi connectivity index (χ1v) is 15.7. The van der Waals surface area contributed by atoms with Crippen molar-refractivity contribution >= 4 is 11.8 Å². The summed E-state index contributed by atoms with van der Waals surface area (Å²) < 4.78 is 0. The van der Waals surface area contributed by atoms with E-state index in [1.165, 1.54) is 52.0 Å². The summed E-state index contributed by atoms with van der Waals surface area (Å²) in [5.41, 5.74) is 0.825.